The first kappa shape index (κ1) is 18.8. The number of rotatable bonds is 7. The van der Waals surface area contributed by atoms with Crippen LogP contribution in [0.15, 0.2) is 53.6 Å². The molecule has 8 nitrogen and oxygen atoms in total. The summed E-state index contributed by atoms with van der Waals surface area (Å²) in [6, 6.07) is 13.0. The summed E-state index contributed by atoms with van der Waals surface area (Å²) in [6.45, 7) is 1.45. The Morgan fingerprint density at radius 1 is 1.08 bits per heavy atom. The highest BCUT2D eigenvalue weighted by atomic mass is 16.5. The highest BCUT2D eigenvalue weighted by molar-refractivity contribution is 5.90. The lowest BCUT2D eigenvalue weighted by atomic mass is 10.2. The van der Waals surface area contributed by atoms with Gasteiger partial charge in [0.25, 0.3) is 0 Å². The van der Waals surface area contributed by atoms with E-state index >= 15 is 0 Å². The quantitative estimate of drug-likeness (QED) is 0.521. The number of carbonyl (C=O) groups is 2. The number of hydrazone groups is 1. The summed E-state index contributed by atoms with van der Waals surface area (Å²) in [5.74, 6) is 0.0872. The molecule has 26 heavy (non-hydrogen) atoms. The van der Waals surface area contributed by atoms with Gasteiger partial charge in [-0.1, -0.05) is 0 Å². The summed E-state index contributed by atoms with van der Waals surface area (Å²) in [7, 11) is 1.56. The van der Waals surface area contributed by atoms with Gasteiger partial charge in [0.1, 0.15) is 11.5 Å². The van der Waals surface area contributed by atoms with Crippen LogP contribution in [0.4, 0.5) is 10.5 Å². The van der Waals surface area contributed by atoms with Crippen LogP contribution >= 0.6 is 0 Å². The van der Waals surface area contributed by atoms with E-state index in [1.165, 1.54) is 13.1 Å². The molecule has 2 amide bonds. The molecule has 8 heteroatoms. The third kappa shape index (κ3) is 5.82. The summed E-state index contributed by atoms with van der Waals surface area (Å²) in [6.07, 6.45) is 0.524. The first-order chi connectivity index (χ1) is 12.5. The van der Waals surface area contributed by atoms with Gasteiger partial charge >= 0.3 is 12.0 Å². The predicted octanol–water partition coefficient (Wildman–Crippen LogP) is 2.70. The average Bonchev–Trinajstić information content (AvgIpc) is 2.63. The minimum Gasteiger partial charge on any atom is -0.497 e. The van der Waals surface area contributed by atoms with Gasteiger partial charge in [-0.2, -0.15) is 5.10 Å². The second-order valence-electron chi connectivity index (χ2n) is 5.22. The number of hydrogen-bond donors (Lipinski definition) is 3. The van der Waals surface area contributed by atoms with Gasteiger partial charge in [0.2, 0.25) is 0 Å². The number of ether oxygens (including phenoxy) is 2. The van der Waals surface area contributed by atoms with Crippen LogP contribution in [0.5, 0.6) is 11.5 Å². The Hall–Kier alpha value is -3.55. The smallest absolute Gasteiger partial charge is 0.344 e. The SMILES string of the molecule is COc1ccc(NC(=O)N/N=C/c2ccc(O[C@H](C)C(=O)O)cc2)cc1. The average molecular weight is 357 g/mol. The van der Waals surface area contributed by atoms with Crippen molar-refractivity contribution < 1.29 is 24.2 Å². The molecule has 0 spiro atoms. The van der Waals surface area contributed by atoms with E-state index in [1.807, 2.05) is 0 Å². The van der Waals surface area contributed by atoms with Gasteiger partial charge in [-0.05, 0) is 61.0 Å². The van der Waals surface area contributed by atoms with Crippen LogP contribution < -0.4 is 20.2 Å². The number of carbonyl (C=O) groups excluding carboxylic acids is 1. The number of hydrogen-bond acceptors (Lipinski definition) is 5. The van der Waals surface area contributed by atoms with Gasteiger partial charge in [0, 0.05) is 5.69 Å². The van der Waals surface area contributed by atoms with Gasteiger partial charge in [-0.3, -0.25) is 0 Å². The Morgan fingerprint density at radius 2 is 1.69 bits per heavy atom. The summed E-state index contributed by atoms with van der Waals surface area (Å²) in [5.41, 5.74) is 3.67. The molecule has 2 rings (SSSR count). The first-order valence-electron chi connectivity index (χ1n) is 7.71. The standard InChI is InChI=1S/C18H19N3O5/c1-12(17(22)23)26-16-7-3-13(4-8-16)11-19-21-18(24)20-14-5-9-15(25-2)10-6-14/h3-12H,1-2H3,(H,22,23)(H2,20,21,24)/b19-11+/t12-/m1/s1. The molecule has 0 fully saturated rings. The van der Waals surface area contributed by atoms with Crippen molar-refractivity contribution in [2.75, 3.05) is 12.4 Å². The van der Waals surface area contributed by atoms with E-state index in [4.69, 9.17) is 14.6 Å². The summed E-state index contributed by atoms with van der Waals surface area (Å²) < 4.78 is 10.3. The molecule has 0 radical (unpaired) electrons. The highest BCUT2D eigenvalue weighted by Crippen LogP contribution is 2.15. The third-order valence-electron chi connectivity index (χ3n) is 3.27. The maximum atomic E-state index is 11.8. The van der Waals surface area contributed by atoms with Crippen molar-refractivity contribution >= 4 is 23.9 Å². The van der Waals surface area contributed by atoms with Gasteiger partial charge in [0.05, 0.1) is 13.3 Å². The van der Waals surface area contributed by atoms with Crippen molar-refractivity contribution in [1.82, 2.24) is 5.43 Å². The van der Waals surface area contributed by atoms with Crippen LogP contribution in [0.2, 0.25) is 0 Å². The normalized spacial score (nSPS) is 11.6. The first-order valence-corrected chi connectivity index (χ1v) is 7.71. The van der Waals surface area contributed by atoms with E-state index in [-0.39, 0.29) is 0 Å². The molecule has 0 bridgehead atoms. The van der Waals surface area contributed by atoms with Gasteiger partial charge in [0.15, 0.2) is 6.10 Å². The zero-order chi connectivity index (χ0) is 18.9. The van der Waals surface area contributed by atoms with Crippen LogP contribution in [0.25, 0.3) is 0 Å². The van der Waals surface area contributed by atoms with E-state index in [9.17, 15) is 9.59 Å². The van der Waals surface area contributed by atoms with Crippen molar-refractivity contribution in [2.24, 2.45) is 5.10 Å². The number of carboxylic acids is 1. The zero-order valence-electron chi connectivity index (χ0n) is 14.3. The number of urea groups is 1. The number of methoxy groups -OCH3 is 1. The molecule has 3 N–H and O–H groups in total. The molecule has 0 aliphatic heterocycles. The molecular weight excluding hydrogens is 338 g/mol. The van der Waals surface area contributed by atoms with E-state index < -0.39 is 18.1 Å². The molecule has 0 aromatic heterocycles. The van der Waals surface area contributed by atoms with Gasteiger partial charge in [-0.25, -0.2) is 15.0 Å². The maximum Gasteiger partial charge on any atom is 0.344 e. The summed E-state index contributed by atoms with van der Waals surface area (Å²) >= 11 is 0. The summed E-state index contributed by atoms with van der Waals surface area (Å²) in [5, 5.41) is 15.3. The molecule has 0 aliphatic carbocycles. The number of aliphatic carboxylic acids is 1. The second-order valence-corrected chi connectivity index (χ2v) is 5.22. The van der Waals surface area contributed by atoms with Gasteiger partial charge in [-0.15, -0.1) is 0 Å². The van der Waals surface area contributed by atoms with Gasteiger partial charge < -0.3 is 19.9 Å². The molecular formula is C18H19N3O5. The number of amides is 2. The highest BCUT2D eigenvalue weighted by Gasteiger charge is 2.11. The zero-order valence-corrected chi connectivity index (χ0v) is 14.3. The minimum atomic E-state index is -1.04. The molecule has 2 aromatic rings. The van der Waals surface area contributed by atoms with E-state index in [0.29, 0.717) is 22.7 Å². The topological polar surface area (TPSA) is 109 Å². The molecule has 0 heterocycles. The van der Waals surface area contributed by atoms with Crippen LogP contribution in [-0.4, -0.2) is 36.5 Å². The van der Waals surface area contributed by atoms with E-state index in [0.717, 1.165) is 0 Å². The maximum absolute atomic E-state index is 11.8. The van der Waals surface area contributed by atoms with Crippen molar-refractivity contribution in [2.45, 2.75) is 13.0 Å². The van der Waals surface area contributed by atoms with Crippen LogP contribution in [0.1, 0.15) is 12.5 Å². The number of carboxylic acid groups (broad SMARTS) is 1. The molecule has 136 valence electrons. The lowest BCUT2D eigenvalue weighted by molar-refractivity contribution is -0.144. The van der Waals surface area contributed by atoms with Crippen molar-refractivity contribution in [3.8, 4) is 11.5 Å². The fourth-order valence-corrected chi connectivity index (χ4v) is 1.89. The van der Waals surface area contributed by atoms with Crippen molar-refractivity contribution in [1.29, 1.82) is 0 Å². The number of nitrogens with zero attached hydrogens (tertiary/aromatic N) is 1. The Kier molecular flexibility index (Phi) is 6.55. The molecule has 1 atom stereocenters. The van der Waals surface area contributed by atoms with E-state index in [2.05, 4.69) is 15.8 Å². The fraction of sp³-hybridized carbons (Fsp3) is 0.167. The molecule has 2 aromatic carbocycles. The Morgan fingerprint density at radius 3 is 2.27 bits per heavy atom. The molecule has 0 saturated carbocycles. The van der Waals surface area contributed by atoms with Crippen molar-refractivity contribution in [3.05, 3.63) is 54.1 Å². The monoisotopic (exact) mass is 357 g/mol. The lowest BCUT2D eigenvalue weighted by Gasteiger charge is -2.09. The third-order valence-corrected chi connectivity index (χ3v) is 3.27. The Labute approximate surface area is 150 Å². The number of anilines is 1. The Balaban J connectivity index is 1.83. The molecule has 0 unspecified atom stereocenters. The lowest BCUT2D eigenvalue weighted by Crippen LogP contribution is -2.24. The number of benzene rings is 2. The van der Waals surface area contributed by atoms with Crippen LogP contribution in [0.3, 0.4) is 0 Å². The van der Waals surface area contributed by atoms with Crippen LogP contribution in [0, 0.1) is 0 Å². The van der Waals surface area contributed by atoms with Crippen molar-refractivity contribution in [3.63, 3.8) is 0 Å². The largest absolute Gasteiger partial charge is 0.497 e. The minimum absolute atomic E-state index is 0.433. The summed E-state index contributed by atoms with van der Waals surface area (Å²) in [4.78, 5) is 22.5. The number of nitrogens with one attached hydrogen (secondary N) is 2. The molecule has 0 saturated heterocycles. The molecule has 0 aliphatic rings. The van der Waals surface area contributed by atoms with E-state index in [1.54, 1.807) is 55.6 Å². The predicted molar refractivity (Wildman–Crippen MR) is 96.9 cm³/mol. The van der Waals surface area contributed by atoms with Crippen LogP contribution in [-0.2, 0) is 4.79 Å². The second kappa shape index (κ2) is 9.07. The Bertz CT molecular complexity index is 772. The fourth-order valence-electron chi connectivity index (χ4n) is 1.89.